The highest BCUT2D eigenvalue weighted by molar-refractivity contribution is 5.82. The molecule has 2 heterocycles. The number of ether oxygens (including phenoxy) is 1. The Morgan fingerprint density at radius 1 is 1.70 bits per heavy atom. The molecule has 0 radical (unpaired) electrons. The van der Waals surface area contributed by atoms with E-state index >= 15 is 0 Å². The van der Waals surface area contributed by atoms with E-state index in [0.29, 0.717) is 12.5 Å². The van der Waals surface area contributed by atoms with E-state index in [-0.39, 0.29) is 12.1 Å². The number of nitrogens with zero attached hydrogens (tertiary/aromatic N) is 1. The average Bonchev–Trinajstić information content (AvgIpc) is 1.86. The highest BCUT2D eigenvalue weighted by Crippen LogP contribution is 2.26. The van der Waals surface area contributed by atoms with Gasteiger partial charge in [0.1, 0.15) is 6.23 Å². The number of β-lactam (4-membered cyclic amide) rings is 1. The number of fused-ring (bicyclic) bond motifs is 1. The van der Waals surface area contributed by atoms with Gasteiger partial charge in [0.15, 0.2) is 0 Å². The molecule has 0 aromatic heterocycles. The Morgan fingerprint density at radius 2 is 2.50 bits per heavy atom. The van der Waals surface area contributed by atoms with E-state index in [1.165, 1.54) is 0 Å². The topological polar surface area (TPSA) is 29.5 Å². The molecule has 0 aromatic carbocycles. The first-order chi connectivity index (χ1) is 4.77. The summed E-state index contributed by atoms with van der Waals surface area (Å²) in [5, 5.41) is 0. The predicted molar refractivity (Wildman–Crippen MR) is 35.3 cm³/mol. The maximum atomic E-state index is 10.8. The summed E-state index contributed by atoms with van der Waals surface area (Å²) in [6.45, 7) is 2.95. The molecule has 2 fully saturated rings. The van der Waals surface area contributed by atoms with Crippen molar-refractivity contribution in [2.24, 2.45) is 0 Å². The van der Waals surface area contributed by atoms with Crippen LogP contribution in [0.5, 0.6) is 0 Å². The SMILES string of the molecule is C[C@H]1CCN2C(=O)C[C@@H]2O1. The Labute approximate surface area is 60.0 Å². The number of hydrogen-bond acceptors (Lipinski definition) is 2. The van der Waals surface area contributed by atoms with Crippen LogP contribution in [0, 0.1) is 0 Å². The summed E-state index contributed by atoms with van der Waals surface area (Å²) >= 11 is 0. The summed E-state index contributed by atoms with van der Waals surface area (Å²) in [6.07, 6.45) is 2.05. The van der Waals surface area contributed by atoms with Gasteiger partial charge in [0.05, 0.1) is 12.5 Å². The predicted octanol–water partition coefficient (Wildman–Crippen LogP) is 0.354. The Morgan fingerprint density at radius 3 is 3.10 bits per heavy atom. The molecule has 0 saturated carbocycles. The standard InChI is InChI=1S/C7H11NO2/c1-5-2-3-8-6(9)4-7(8)10-5/h5,7H,2-4H2,1H3/t5-,7-/m0/s1. The number of hydrogen-bond donors (Lipinski definition) is 0. The van der Waals surface area contributed by atoms with Gasteiger partial charge in [-0.05, 0) is 13.3 Å². The molecule has 0 aromatic rings. The molecule has 0 unspecified atom stereocenters. The van der Waals surface area contributed by atoms with Crippen molar-refractivity contribution in [2.45, 2.75) is 32.1 Å². The van der Waals surface area contributed by atoms with Gasteiger partial charge in [0.2, 0.25) is 5.91 Å². The summed E-state index contributed by atoms with van der Waals surface area (Å²) in [7, 11) is 0. The molecule has 1 amide bonds. The van der Waals surface area contributed by atoms with Crippen LogP contribution in [-0.2, 0) is 9.53 Å². The minimum absolute atomic E-state index is 0.122. The summed E-state index contributed by atoms with van der Waals surface area (Å²) < 4.78 is 5.46. The quantitative estimate of drug-likeness (QED) is 0.456. The fraction of sp³-hybridized carbons (Fsp3) is 0.857. The van der Waals surface area contributed by atoms with Crippen LogP contribution in [0.25, 0.3) is 0 Å². The van der Waals surface area contributed by atoms with Crippen molar-refractivity contribution in [3.63, 3.8) is 0 Å². The summed E-state index contributed by atoms with van der Waals surface area (Å²) in [4.78, 5) is 12.6. The third kappa shape index (κ3) is 0.736. The van der Waals surface area contributed by atoms with Gasteiger partial charge in [-0.25, -0.2) is 0 Å². The van der Waals surface area contributed by atoms with Gasteiger partial charge in [0.25, 0.3) is 0 Å². The zero-order valence-electron chi connectivity index (χ0n) is 6.04. The van der Waals surface area contributed by atoms with Gasteiger partial charge in [0, 0.05) is 6.54 Å². The molecule has 0 spiro atoms. The maximum Gasteiger partial charge on any atom is 0.229 e. The van der Waals surface area contributed by atoms with Crippen LogP contribution in [0.15, 0.2) is 0 Å². The van der Waals surface area contributed by atoms with Crippen molar-refractivity contribution in [3.8, 4) is 0 Å². The third-order valence-corrected chi connectivity index (χ3v) is 2.18. The van der Waals surface area contributed by atoms with E-state index in [1.807, 2.05) is 0 Å². The average molecular weight is 141 g/mol. The van der Waals surface area contributed by atoms with Gasteiger partial charge in [-0.1, -0.05) is 0 Å². The van der Waals surface area contributed by atoms with Crippen molar-refractivity contribution in [2.75, 3.05) is 6.54 Å². The maximum absolute atomic E-state index is 10.8. The van der Waals surface area contributed by atoms with Crippen molar-refractivity contribution < 1.29 is 9.53 Å². The van der Waals surface area contributed by atoms with E-state index in [2.05, 4.69) is 6.92 Å². The summed E-state index contributed by atoms with van der Waals surface area (Å²) in [5.41, 5.74) is 0. The van der Waals surface area contributed by atoms with Crippen LogP contribution < -0.4 is 0 Å². The lowest BCUT2D eigenvalue weighted by molar-refractivity contribution is -0.198. The normalized spacial score (nSPS) is 38.9. The van der Waals surface area contributed by atoms with Crippen LogP contribution in [0.4, 0.5) is 0 Å². The fourth-order valence-electron chi connectivity index (χ4n) is 1.47. The molecule has 2 atom stereocenters. The van der Waals surface area contributed by atoms with Crippen molar-refractivity contribution >= 4 is 5.91 Å². The molecule has 0 aliphatic carbocycles. The second kappa shape index (κ2) is 1.95. The lowest BCUT2D eigenvalue weighted by atomic mass is 10.1. The highest BCUT2D eigenvalue weighted by Gasteiger charge is 2.40. The van der Waals surface area contributed by atoms with Gasteiger partial charge in [-0.15, -0.1) is 0 Å². The van der Waals surface area contributed by atoms with E-state index in [4.69, 9.17) is 4.74 Å². The van der Waals surface area contributed by atoms with E-state index in [9.17, 15) is 4.79 Å². The van der Waals surface area contributed by atoms with E-state index < -0.39 is 0 Å². The van der Waals surface area contributed by atoms with Crippen molar-refractivity contribution in [1.29, 1.82) is 0 Å². The monoisotopic (exact) mass is 141 g/mol. The van der Waals surface area contributed by atoms with E-state index in [0.717, 1.165) is 13.0 Å². The minimum atomic E-state index is 0.122. The molecule has 3 heteroatoms. The lowest BCUT2D eigenvalue weighted by Gasteiger charge is -2.45. The van der Waals surface area contributed by atoms with Gasteiger partial charge in [-0.3, -0.25) is 4.79 Å². The Balaban J connectivity index is 1.99. The molecule has 56 valence electrons. The summed E-state index contributed by atoms with van der Waals surface area (Å²) in [5.74, 6) is 0.247. The lowest BCUT2D eigenvalue weighted by Crippen LogP contribution is -2.58. The molecule has 0 N–H and O–H groups in total. The molecule has 3 nitrogen and oxygen atoms in total. The fourth-order valence-corrected chi connectivity index (χ4v) is 1.47. The molecule has 2 rings (SSSR count). The van der Waals surface area contributed by atoms with Crippen LogP contribution in [-0.4, -0.2) is 29.7 Å². The number of rotatable bonds is 0. The summed E-state index contributed by atoms with van der Waals surface area (Å²) in [6, 6.07) is 0. The third-order valence-electron chi connectivity index (χ3n) is 2.18. The number of amides is 1. The van der Waals surface area contributed by atoms with Crippen LogP contribution in [0.1, 0.15) is 19.8 Å². The number of carbonyl (C=O) groups excluding carboxylic acids is 1. The van der Waals surface area contributed by atoms with Gasteiger partial charge in [-0.2, -0.15) is 0 Å². The largest absolute Gasteiger partial charge is 0.355 e. The second-order valence-corrected chi connectivity index (χ2v) is 2.98. The van der Waals surface area contributed by atoms with Crippen molar-refractivity contribution in [1.82, 2.24) is 4.90 Å². The second-order valence-electron chi connectivity index (χ2n) is 2.98. The molecule has 2 aliphatic heterocycles. The molecule has 10 heavy (non-hydrogen) atoms. The Bertz CT molecular complexity index is 169. The van der Waals surface area contributed by atoms with Gasteiger partial charge >= 0.3 is 0 Å². The molecular formula is C7H11NO2. The Hall–Kier alpha value is -0.570. The first kappa shape index (κ1) is 6.16. The first-order valence-electron chi connectivity index (χ1n) is 3.72. The molecule has 2 saturated heterocycles. The first-order valence-corrected chi connectivity index (χ1v) is 3.72. The molecular weight excluding hydrogens is 130 g/mol. The smallest absolute Gasteiger partial charge is 0.229 e. The molecule has 2 aliphatic rings. The zero-order chi connectivity index (χ0) is 7.14. The van der Waals surface area contributed by atoms with Crippen molar-refractivity contribution in [3.05, 3.63) is 0 Å². The minimum Gasteiger partial charge on any atom is -0.355 e. The van der Waals surface area contributed by atoms with E-state index in [1.54, 1.807) is 4.90 Å². The highest BCUT2D eigenvalue weighted by atomic mass is 16.5. The number of carbonyl (C=O) groups is 1. The van der Waals surface area contributed by atoms with Gasteiger partial charge < -0.3 is 9.64 Å². The molecule has 0 bridgehead atoms. The van der Waals surface area contributed by atoms with Crippen LogP contribution in [0.3, 0.4) is 0 Å². The van der Waals surface area contributed by atoms with Crippen LogP contribution >= 0.6 is 0 Å². The Kier molecular flexibility index (Phi) is 1.20. The zero-order valence-corrected chi connectivity index (χ0v) is 6.04. The van der Waals surface area contributed by atoms with Crippen LogP contribution in [0.2, 0.25) is 0 Å².